The molecule has 0 saturated carbocycles. The first-order valence-corrected chi connectivity index (χ1v) is 12.1. The zero-order chi connectivity index (χ0) is 22.6. The van der Waals surface area contributed by atoms with Gasteiger partial charge in [-0.1, -0.05) is 29.8 Å². The summed E-state index contributed by atoms with van der Waals surface area (Å²) in [7, 11) is -3.48. The van der Waals surface area contributed by atoms with Crippen molar-refractivity contribution < 1.29 is 17.6 Å². The number of benzene rings is 2. The number of rotatable bonds is 6. The molecule has 0 bridgehead atoms. The van der Waals surface area contributed by atoms with E-state index in [0.717, 1.165) is 11.8 Å². The van der Waals surface area contributed by atoms with Crippen molar-refractivity contribution in [2.45, 2.75) is 19.5 Å². The van der Waals surface area contributed by atoms with Gasteiger partial charge in [-0.05, 0) is 48.4 Å². The highest BCUT2D eigenvalue weighted by Crippen LogP contribution is 2.23. The summed E-state index contributed by atoms with van der Waals surface area (Å²) >= 11 is 5.97. The predicted octanol–water partition coefficient (Wildman–Crippen LogP) is 3.60. The molecule has 9 heteroatoms. The second-order valence-corrected chi connectivity index (χ2v) is 9.87. The molecule has 1 amide bonds. The Balaban J connectivity index is 1.64. The van der Waals surface area contributed by atoms with Crippen LogP contribution in [-0.2, 0) is 21.4 Å². The van der Waals surface area contributed by atoms with Crippen molar-refractivity contribution in [3.8, 4) is 0 Å². The molecule has 0 aliphatic carbocycles. The predicted molar refractivity (Wildman–Crippen MR) is 122 cm³/mol. The SMILES string of the molecule is C[C@@H]1CN(Cc2ccc(F)cc2)CCN1C(=O)/C=C/c1ccc(Cl)cc1NS(C)(=O)=O. The summed E-state index contributed by atoms with van der Waals surface area (Å²) in [6, 6.07) is 11.2. The molecule has 1 atom stereocenters. The fourth-order valence-electron chi connectivity index (χ4n) is 3.57. The molecule has 1 fully saturated rings. The number of carbonyl (C=O) groups excluding carboxylic acids is 1. The first-order chi connectivity index (χ1) is 14.6. The van der Waals surface area contributed by atoms with Gasteiger partial charge < -0.3 is 4.90 Å². The van der Waals surface area contributed by atoms with E-state index in [9.17, 15) is 17.6 Å². The molecule has 2 aromatic carbocycles. The van der Waals surface area contributed by atoms with Gasteiger partial charge in [0.15, 0.2) is 0 Å². The maximum absolute atomic E-state index is 13.1. The van der Waals surface area contributed by atoms with Gasteiger partial charge >= 0.3 is 0 Å². The van der Waals surface area contributed by atoms with Crippen LogP contribution in [0, 0.1) is 5.82 Å². The number of nitrogens with one attached hydrogen (secondary N) is 1. The molecule has 1 saturated heterocycles. The van der Waals surface area contributed by atoms with Gasteiger partial charge in [0, 0.05) is 43.3 Å². The third-order valence-corrected chi connectivity index (χ3v) is 5.86. The lowest BCUT2D eigenvalue weighted by molar-refractivity contribution is -0.130. The number of carbonyl (C=O) groups is 1. The van der Waals surface area contributed by atoms with Crippen LogP contribution in [0.3, 0.4) is 0 Å². The molecule has 0 spiro atoms. The summed E-state index contributed by atoms with van der Waals surface area (Å²) in [6.45, 7) is 4.68. The molecular weight excluding hydrogens is 441 g/mol. The Bertz CT molecular complexity index is 1070. The van der Waals surface area contributed by atoms with Crippen molar-refractivity contribution in [1.29, 1.82) is 0 Å². The van der Waals surface area contributed by atoms with Gasteiger partial charge in [0.2, 0.25) is 15.9 Å². The van der Waals surface area contributed by atoms with E-state index in [-0.39, 0.29) is 17.8 Å². The number of hydrogen-bond acceptors (Lipinski definition) is 4. The zero-order valence-electron chi connectivity index (χ0n) is 17.4. The Hall–Kier alpha value is -2.42. The third-order valence-electron chi connectivity index (χ3n) is 5.03. The van der Waals surface area contributed by atoms with E-state index in [4.69, 9.17) is 11.6 Å². The highest BCUT2D eigenvalue weighted by atomic mass is 35.5. The smallest absolute Gasteiger partial charge is 0.246 e. The lowest BCUT2D eigenvalue weighted by Gasteiger charge is -2.39. The van der Waals surface area contributed by atoms with Crippen LogP contribution < -0.4 is 4.72 Å². The molecule has 0 unspecified atom stereocenters. The van der Waals surface area contributed by atoms with E-state index in [1.165, 1.54) is 24.3 Å². The van der Waals surface area contributed by atoms with Gasteiger partial charge in [0.25, 0.3) is 0 Å². The normalized spacial score (nSPS) is 17.8. The lowest BCUT2D eigenvalue weighted by Crippen LogP contribution is -2.53. The van der Waals surface area contributed by atoms with Gasteiger partial charge in [-0.25, -0.2) is 12.8 Å². The zero-order valence-corrected chi connectivity index (χ0v) is 19.0. The van der Waals surface area contributed by atoms with Crippen LogP contribution in [0.2, 0.25) is 5.02 Å². The highest BCUT2D eigenvalue weighted by molar-refractivity contribution is 7.92. The number of anilines is 1. The van der Waals surface area contributed by atoms with Crippen LogP contribution in [0.15, 0.2) is 48.5 Å². The fraction of sp³-hybridized carbons (Fsp3) is 0.318. The summed E-state index contributed by atoms with van der Waals surface area (Å²) < 4.78 is 38.7. The van der Waals surface area contributed by atoms with E-state index < -0.39 is 10.0 Å². The fourth-order valence-corrected chi connectivity index (χ4v) is 4.32. The molecule has 1 heterocycles. The van der Waals surface area contributed by atoms with E-state index in [1.54, 1.807) is 35.2 Å². The van der Waals surface area contributed by atoms with E-state index in [0.29, 0.717) is 42.5 Å². The molecular formula is C22H25ClFN3O3S. The van der Waals surface area contributed by atoms with Crippen molar-refractivity contribution in [2.75, 3.05) is 30.6 Å². The number of nitrogens with zero attached hydrogens (tertiary/aromatic N) is 2. The van der Waals surface area contributed by atoms with E-state index in [1.807, 2.05) is 6.92 Å². The summed E-state index contributed by atoms with van der Waals surface area (Å²) in [5, 5.41) is 0.389. The van der Waals surface area contributed by atoms with Crippen LogP contribution >= 0.6 is 11.6 Å². The molecule has 0 aromatic heterocycles. The van der Waals surface area contributed by atoms with Crippen molar-refractivity contribution in [3.63, 3.8) is 0 Å². The maximum Gasteiger partial charge on any atom is 0.246 e. The molecule has 2 aromatic rings. The number of piperazine rings is 1. The minimum Gasteiger partial charge on any atom is -0.334 e. The summed E-state index contributed by atoms with van der Waals surface area (Å²) in [4.78, 5) is 16.8. The molecule has 1 aliphatic rings. The molecule has 31 heavy (non-hydrogen) atoms. The highest BCUT2D eigenvalue weighted by Gasteiger charge is 2.26. The van der Waals surface area contributed by atoms with Crippen molar-refractivity contribution in [2.24, 2.45) is 0 Å². The number of hydrogen-bond donors (Lipinski definition) is 1. The second-order valence-electron chi connectivity index (χ2n) is 7.68. The molecule has 6 nitrogen and oxygen atoms in total. The largest absolute Gasteiger partial charge is 0.334 e. The molecule has 1 aliphatic heterocycles. The minimum absolute atomic E-state index is 0.00480. The van der Waals surface area contributed by atoms with E-state index in [2.05, 4.69) is 9.62 Å². The topological polar surface area (TPSA) is 69.7 Å². The number of halogens is 2. The van der Waals surface area contributed by atoms with Crippen LogP contribution in [-0.4, -0.2) is 56.1 Å². The summed E-state index contributed by atoms with van der Waals surface area (Å²) in [5.74, 6) is -0.399. The Kier molecular flexibility index (Phi) is 7.35. The molecule has 3 rings (SSSR count). The Labute approximate surface area is 187 Å². The summed E-state index contributed by atoms with van der Waals surface area (Å²) in [6.07, 6.45) is 4.09. The van der Waals surface area contributed by atoms with E-state index >= 15 is 0 Å². The number of amides is 1. The van der Waals surface area contributed by atoms with Crippen molar-refractivity contribution >= 4 is 39.3 Å². The van der Waals surface area contributed by atoms with Gasteiger partial charge in [-0.3, -0.25) is 14.4 Å². The third kappa shape index (κ3) is 6.78. The monoisotopic (exact) mass is 465 g/mol. The Morgan fingerprint density at radius 3 is 2.58 bits per heavy atom. The first-order valence-electron chi connectivity index (χ1n) is 9.83. The van der Waals surface area contributed by atoms with Crippen molar-refractivity contribution in [3.05, 3.63) is 70.5 Å². The maximum atomic E-state index is 13.1. The lowest BCUT2D eigenvalue weighted by atomic mass is 10.1. The van der Waals surface area contributed by atoms with Crippen LogP contribution in [0.1, 0.15) is 18.1 Å². The molecule has 166 valence electrons. The standard InChI is InChI=1S/C22H25ClFN3O3S/c1-16-14-26(15-17-3-8-20(24)9-4-17)11-12-27(16)22(28)10-6-18-5-7-19(23)13-21(18)25-31(2,29)30/h3-10,13,16,25H,11-12,14-15H2,1-2H3/b10-6+/t16-/m1/s1. The first kappa shape index (κ1) is 23.2. The molecule has 0 radical (unpaired) electrons. The van der Waals surface area contributed by atoms with Crippen LogP contribution in [0.5, 0.6) is 0 Å². The number of sulfonamides is 1. The molecule has 1 N–H and O–H groups in total. The van der Waals surface area contributed by atoms with Gasteiger partial charge in [0.05, 0.1) is 11.9 Å². The second kappa shape index (κ2) is 9.80. The summed E-state index contributed by atoms with van der Waals surface area (Å²) in [5.41, 5.74) is 1.89. The van der Waals surface area contributed by atoms with Crippen molar-refractivity contribution in [1.82, 2.24) is 9.80 Å². The Morgan fingerprint density at radius 2 is 1.94 bits per heavy atom. The minimum atomic E-state index is -3.48. The van der Waals surface area contributed by atoms with Gasteiger partial charge in [0.1, 0.15) is 5.82 Å². The average molecular weight is 466 g/mol. The quantitative estimate of drug-likeness (QED) is 0.662. The average Bonchev–Trinajstić information content (AvgIpc) is 2.68. The van der Waals surface area contributed by atoms with Crippen LogP contribution in [0.25, 0.3) is 6.08 Å². The van der Waals surface area contributed by atoms with Gasteiger partial charge in [-0.2, -0.15) is 0 Å². The van der Waals surface area contributed by atoms with Crippen LogP contribution in [0.4, 0.5) is 10.1 Å². The Morgan fingerprint density at radius 1 is 1.23 bits per heavy atom. The van der Waals surface area contributed by atoms with Gasteiger partial charge in [-0.15, -0.1) is 0 Å².